The lowest BCUT2D eigenvalue weighted by atomic mass is 10.1. The third-order valence-corrected chi connectivity index (χ3v) is 5.34. The van der Waals surface area contributed by atoms with Crippen molar-refractivity contribution in [2.24, 2.45) is 0 Å². The summed E-state index contributed by atoms with van der Waals surface area (Å²) in [5, 5.41) is 14.3. The number of hydrogen-bond acceptors (Lipinski definition) is 4. The van der Waals surface area contributed by atoms with Gasteiger partial charge in [-0.05, 0) is 11.1 Å². The van der Waals surface area contributed by atoms with Crippen LogP contribution in [0.15, 0.2) is 60.7 Å². The highest BCUT2D eigenvalue weighted by Gasteiger charge is 2.25. The maximum atomic E-state index is 12.6. The largest absolute Gasteiger partial charge is 0.352 e. The molecule has 0 aliphatic carbocycles. The van der Waals surface area contributed by atoms with Gasteiger partial charge in [0.15, 0.2) is 0 Å². The quantitative estimate of drug-likeness (QED) is 0.616. The second-order valence-corrected chi connectivity index (χ2v) is 7.53. The van der Waals surface area contributed by atoms with E-state index in [0.717, 1.165) is 22.5 Å². The highest BCUT2D eigenvalue weighted by atomic mass is 16.2. The number of hydrogen-bond donors (Lipinski definition) is 2. The highest BCUT2D eigenvalue weighted by Crippen LogP contribution is 2.16. The minimum absolute atomic E-state index is 0.0288. The molecule has 1 aliphatic rings. The zero-order chi connectivity index (χ0) is 21.5. The van der Waals surface area contributed by atoms with Crippen molar-refractivity contribution in [3.8, 4) is 0 Å². The van der Waals surface area contributed by atoms with E-state index in [1.54, 1.807) is 4.90 Å². The number of carbonyl (C=O) groups is 2. The Hall–Kier alpha value is -3.68. The maximum Gasteiger partial charge on any atom is 0.318 e. The normalized spacial score (nSPS) is 12.8. The number of nitrogens with one attached hydrogen (secondary N) is 2. The number of nitrogens with zero attached hydrogens (tertiary/aromatic N) is 4. The van der Waals surface area contributed by atoms with Crippen molar-refractivity contribution >= 4 is 11.9 Å². The van der Waals surface area contributed by atoms with Crippen molar-refractivity contribution in [3.05, 3.63) is 83.2 Å². The molecule has 0 saturated carbocycles. The van der Waals surface area contributed by atoms with Crippen LogP contribution in [-0.2, 0) is 37.4 Å². The lowest BCUT2D eigenvalue weighted by molar-refractivity contribution is -0.121. The second kappa shape index (κ2) is 9.88. The van der Waals surface area contributed by atoms with Gasteiger partial charge in [0, 0.05) is 32.5 Å². The standard InChI is InChI=1S/C23H26N6O2/c30-22(24-15-18-7-3-1-4-8-18)12-11-20-21-17-28(13-14-29(21)27-26-20)23(31)25-16-19-9-5-2-6-10-19/h1-10H,11-17H2,(H,24,30)(H,25,31). The molecule has 1 aromatic heterocycles. The van der Waals surface area contributed by atoms with E-state index in [-0.39, 0.29) is 11.9 Å². The molecule has 0 radical (unpaired) electrons. The Kier molecular flexibility index (Phi) is 6.56. The SMILES string of the molecule is O=C(CCc1nnn2c1CN(C(=O)NCc1ccccc1)CC2)NCc1ccccc1. The third kappa shape index (κ3) is 5.48. The fourth-order valence-corrected chi connectivity index (χ4v) is 3.57. The first-order chi connectivity index (χ1) is 15.2. The average molecular weight is 419 g/mol. The monoisotopic (exact) mass is 418 g/mol. The lowest BCUT2D eigenvalue weighted by Gasteiger charge is -2.28. The van der Waals surface area contributed by atoms with Crippen molar-refractivity contribution < 1.29 is 9.59 Å². The summed E-state index contributed by atoms with van der Waals surface area (Å²) < 4.78 is 1.83. The molecule has 0 bridgehead atoms. The van der Waals surface area contributed by atoms with Crippen LogP contribution in [0.4, 0.5) is 4.79 Å². The summed E-state index contributed by atoms with van der Waals surface area (Å²) in [7, 11) is 0. The number of carbonyl (C=O) groups excluding carboxylic acids is 2. The maximum absolute atomic E-state index is 12.6. The Morgan fingerprint density at radius 3 is 2.19 bits per heavy atom. The highest BCUT2D eigenvalue weighted by molar-refractivity contribution is 5.76. The Morgan fingerprint density at radius 1 is 0.871 bits per heavy atom. The Bertz CT molecular complexity index is 1020. The van der Waals surface area contributed by atoms with Gasteiger partial charge in [-0.25, -0.2) is 9.48 Å². The Labute approximate surface area is 181 Å². The van der Waals surface area contributed by atoms with Gasteiger partial charge >= 0.3 is 6.03 Å². The van der Waals surface area contributed by atoms with Crippen LogP contribution < -0.4 is 10.6 Å². The molecule has 2 aromatic carbocycles. The zero-order valence-electron chi connectivity index (χ0n) is 17.3. The Morgan fingerprint density at radius 2 is 1.52 bits per heavy atom. The van der Waals surface area contributed by atoms with Crippen LogP contribution in [-0.4, -0.2) is 38.4 Å². The molecule has 0 saturated heterocycles. The minimum Gasteiger partial charge on any atom is -0.352 e. The number of aryl methyl sites for hydroxylation is 1. The summed E-state index contributed by atoms with van der Waals surface area (Å²) in [6.07, 6.45) is 0.828. The number of aromatic nitrogens is 3. The van der Waals surface area contributed by atoms with E-state index in [9.17, 15) is 9.59 Å². The van der Waals surface area contributed by atoms with Gasteiger partial charge in [-0.2, -0.15) is 0 Å². The predicted molar refractivity (Wildman–Crippen MR) is 116 cm³/mol. The third-order valence-electron chi connectivity index (χ3n) is 5.34. The summed E-state index contributed by atoms with van der Waals surface area (Å²) in [4.78, 5) is 26.6. The van der Waals surface area contributed by atoms with Crippen LogP contribution in [0, 0.1) is 0 Å². The number of fused-ring (bicyclic) bond motifs is 1. The Balaban J connectivity index is 1.28. The van der Waals surface area contributed by atoms with Crippen molar-refractivity contribution in [2.75, 3.05) is 6.54 Å². The van der Waals surface area contributed by atoms with E-state index in [1.165, 1.54) is 0 Å². The molecular formula is C23H26N6O2. The van der Waals surface area contributed by atoms with Crippen molar-refractivity contribution in [3.63, 3.8) is 0 Å². The van der Waals surface area contributed by atoms with E-state index in [2.05, 4.69) is 20.9 Å². The molecule has 8 nitrogen and oxygen atoms in total. The molecule has 31 heavy (non-hydrogen) atoms. The van der Waals surface area contributed by atoms with Crippen molar-refractivity contribution in [1.29, 1.82) is 0 Å². The first-order valence-electron chi connectivity index (χ1n) is 10.5. The minimum atomic E-state index is -0.108. The van der Waals surface area contributed by atoms with Gasteiger partial charge in [0.25, 0.3) is 0 Å². The molecule has 1 aliphatic heterocycles. The number of rotatable bonds is 7. The first-order valence-corrected chi connectivity index (χ1v) is 10.5. The molecule has 3 aromatic rings. The summed E-state index contributed by atoms with van der Waals surface area (Å²) in [6, 6.07) is 19.5. The van der Waals surface area contributed by atoms with E-state index >= 15 is 0 Å². The summed E-state index contributed by atoms with van der Waals surface area (Å²) in [5.41, 5.74) is 3.79. The number of amides is 3. The van der Waals surface area contributed by atoms with Gasteiger partial charge in [0.2, 0.25) is 5.91 Å². The summed E-state index contributed by atoms with van der Waals surface area (Å²) >= 11 is 0. The summed E-state index contributed by atoms with van der Waals surface area (Å²) in [6.45, 7) is 2.61. The van der Waals surface area contributed by atoms with Crippen molar-refractivity contribution in [2.45, 2.75) is 39.0 Å². The van der Waals surface area contributed by atoms with E-state index in [1.807, 2.05) is 65.3 Å². The van der Waals surface area contributed by atoms with Crippen LogP contribution in [0.3, 0.4) is 0 Å². The zero-order valence-corrected chi connectivity index (χ0v) is 17.3. The molecular weight excluding hydrogens is 392 g/mol. The van der Waals surface area contributed by atoms with E-state index < -0.39 is 0 Å². The van der Waals surface area contributed by atoms with Crippen LogP contribution >= 0.6 is 0 Å². The second-order valence-electron chi connectivity index (χ2n) is 7.53. The number of urea groups is 1. The fraction of sp³-hybridized carbons (Fsp3) is 0.304. The van der Waals surface area contributed by atoms with Crippen LogP contribution in [0.25, 0.3) is 0 Å². The van der Waals surface area contributed by atoms with Crippen LogP contribution in [0.2, 0.25) is 0 Å². The molecule has 0 unspecified atom stereocenters. The molecule has 2 heterocycles. The molecule has 0 spiro atoms. The summed E-state index contributed by atoms with van der Waals surface area (Å²) in [5.74, 6) is -0.0288. The van der Waals surface area contributed by atoms with Gasteiger partial charge in [-0.15, -0.1) is 5.10 Å². The molecule has 0 atom stereocenters. The van der Waals surface area contributed by atoms with Gasteiger partial charge in [0.1, 0.15) is 0 Å². The first kappa shape index (κ1) is 20.6. The molecule has 160 valence electrons. The van der Waals surface area contributed by atoms with Gasteiger partial charge in [0.05, 0.1) is 24.5 Å². The van der Waals surface area contributed by atoms with E-state index in [4.69, 9.17) is 0 Å². The molecule has 4 rings (SSSR count). The molecule has 0 fully saturated rings. The fourth-order valence-electron chi connectivity index (χ4n) is 3.57. The molecule has 8 heteroatoms. The van der Waals surface area contributed by atoms with Crippen LogP contribution in [0.5, 0.6) is 0 Å². The van der Waals surface area contributed by atoms with E-state index in [0.29, 0.717) is 45.6 Å². The van der Waals surface area contributed by atoms with Gasteiger partial charge in [-0.3, -0.25) is 4.79 Å². The number of benzene rings is 2. The molecule has 2 N–H and O–H groups in total. The molecule has 3 amide bonds. The van der Waals surface area contributed by atoms with Crippen LogP contribution in [0.1, 0.15) is 28.9 Å². The lowest BCUT2D eigenvalue weighted by Crippen LogP contribution is -2.44. The van der Waals surface area contributed by atoms with Gasteiger partial charge < -0.3 is 15.5 Å². The van der Waals surface area contributed by atoms with Gasteiger partial charge in [-0.1, -0.05) is 65.9 Å². The smallest absolute Gasteiger partial charge is 0.318 e. The predicted octanol–water partition coefficient (Wildman–Crippen LogP) is 2.25. The van der Waals surface area contributed by atoms with Crippen molar-refractivity contribution in [1.82, 2.24) is 30.5 Å². The average Bonchev–Trinajstić information content (AvgIpc) is 3.23. The topological polar surface area (TPSA) is 92.2 Å².